The van der Waals surface area contributed by atoms with Gasteiger partial charge < -0.3 is 15.8 Å². The lowest BCUT2D eigenvalue weighted by molar-refractivity contribution is -0.133. The Morgan fingerprint density at radius 2 is 2.14 bits per heavy atom. The molecule has 0 radical (unpaired) electrons. The number of anilines is 1. The number of allylic oxidation sites excluding steroid dienone is 1. The van der Waals surface area contributed by atoms with E-state index < -0.39 is 23.4 Å². The number of nitrogens with zero attached hydrogens (tertiary/aromatic N) is 2. The summed E-state index contributed by atoms with van der Waals surface area (Å²) in [5, 5.41) is 21.6. The Morgan fingerprint density at radius 1 is 1.43 bits per heavy atom. The second-order valence-corrected chi connectivity index (χ2v) is 3.94. The van der Waals surface area contributed by atoms with Crippen LogP contribution in [0.1, 0.15) is 0 Å². The number of aliphatic carboxylic acids is 1. The van der Waals surface area contributed by atoms with Crippen molar-refractivity contribution in [1.82, 2.24) is 9.61 Å². The molecule has 0 saturated heterocycles. The lowest BCUT2D eigenvalue weighted by Gasteiger charge is -2.16. The monoisotopic (exact) mass is 298 g/mol. The number of hydrogen-bond acceptors (Lipinski definition) is 4. The zero-order chi connectivity index (χ0) is 15.6. The summed E-state index contributed by atoms with van der Waals surface area (Å²) < 4.78 is 40.4. The first-order valence-electron chi connectivity index (χ1n) is 5.59. The first-order valence-corrected chi connectivity index (χ1v) is 5.59. The molecule has 6 nitrogen and oxygen atoms in total. The zero-order valence-electron chi connectivity index (χ0n) is 10.3. The van der Waals surface area contributed by atoms with Gasteiger partial charge in [0.15, 0.2) is 0 Å². The van der Waals surface area contributed by atoms with Crippen molar-refractivity contribution in [3.8, 4) is 0 Å². The minimum Gasteiger partial charge on any atom is -0.478 e. The van der Waals surface area contributed by atoms with Crippen molar-refractivity contribution in [1.29, 1.82) is 5.41 Å². The second-order valence-electron chi connectivity index (χ2n) is 3.94. The van der Waals surface area contributed by atoms with E-state index in [1.165, 1.54) is 35.1 Å². The van der Waals surface area contributed by atoms with E-state index in [1.807, 2.05) is 5.32 Å². The van der Waals surface area contributed by atoms with Crippen LogP contribution in [0.3, 0.4) is 0 Å². The zero-order valence-corrected chi connectivity index (χ0v) is 10.3. The van der Waals surface area contributed by atoms with Crippen molar-refractivity contribution < 1.29 is 23.1 Å². The van der Waals surface area contributed by atoms with Gasteiger partial charge in [0.2, 0.25) is 0 Å². The molecular weight excluding hydrogens is 289 g/mol. The van der Waals surface area contributed by atoms with Gasteiger partial charge in [-0.05, 0) is 18.2 Å². The molecule has 0 spiro atoms. The molecule has 2 heterocycles. The highest BCUT2D eigenvalue weighted by Gasteiger charge is 2.38. The van der Waals surface area contributed by atoms with Gasteiger partial charge in [0.05, 0.1) is 17.4 Å². The Balaban J connectivity index is 2.57. The highest BCUT2D eigenvalue weighted by molar-refractivity contribution is 6.09. The Kier molecular flexibility index (Phi) is 3.66. The average molecular weight is 298 g/mol. The van der Waals surface area contributed by atoms with Gasteiger partial charge in [0.1, 0.15) is 11.3 Å². The predicted molar refractivity (Wildman–Crippen MR) is 68.3 cm³/mol. The van der Waals surface area contributed by atoms with E-state index in [1.54, 1.807) is 0 Å². The van der Waals surface area contributed by atoms with E-state index in [2.05, 4.69) is 5.10 Å². The van der Waals surface area contributed by atoms with Crippen LogP contribution in [0, 0.1) is 5.41 Å². The molecule has 0 unspecified atom stereocenters. The molecule has 21 heavy (non-hydrogen) atoms. The summed E-state index contributed by atoms with van der Waals surface area (Å²) in [5.74, 6) is -1.84. The smallest absolute Gasteiger partial charge is 0.432 e. The van der Waals surface area contributed by atoms with Crippen molar-refractivity contribution in [3.05, 3.63) is 41.9 Å². The summed E-state index contributed by atoms with van der Waals surface area (Å²) in [6.07, 6.45) is -1.87. The lowest BCUT2D eigenvalue weighted by Crippen LogP contribution is -2.25. The molecule has 2 aromatic heterocycles. The van der Waals surface area contributed by atoms with E-state index in [0.717, 1.165) is 0 Å². The van der Waals surface area contributed by atoms with Crippen LogP contribution in [0.25, 0.3) is 5.52 Å². The van der Waals surface area contributed by atoms with Crippen molar-refractivity contribution in [2.24, 2.45) is 0 Å². The Labute approximate surface area is 116 Å². The molecule has 2 aromatic rings. The number of pyridine rings is 1. The number of nitrogens with one attached hydrogen (secondary N) is 2. The highest BCUT2D eigenvalue weighted by Crippen LogP contribution is 2.30. The van der Waals surface area contributed by atoms with Crippen molar-refractivity contribution in [2.45, 2.75) is 6.18 Å². The van der Waals surface area contributed by atoms with Crippen LogP contribution in [0.15, 0.2) is 41.9 Å². The van der Waals surface area contributed by atoms with Crippen molar-refractivity contribution in [2.75, 3.05) is 5.32 Å². The Bertz CT molecular complexity index is 733. The summed E-state index contributed by atoms with van der Waals surface area (Å²) in [4.78, 5) is 10.9. The summed E-state index contributed by atoms with van der Waals surface area (Å²) in [7, 11) is 0. The predicted octanol–water partition coefficient (Wildman–Crippen LogP) is 2.30. The fourth-order valence-corrected chi connectivity index (χ4v) is 1.72. The number of alkyl halides is 3. The van der Waals surface area contributed by atoms with Crippen LogP contribution in [0.4, 0.5) is 18.9 Å². The van der Waals surface area contributed by atoms with Gasteiger partial charge in [-0.1, -0.05) is 0 Å². The standard InChI is InChI=1S/C12H9F3N4O2/c13-12(14,15)10(7(6-16)11(20)21)18-8-2-1-5-19-9(8)3-4-17-19/h1-6,16,18H,(H,20,21)/b10-7+,16-6?. The van der Waals surface area contributed by atoms with E-state index in [-0.39, 0.29) is 11.9 Å². The van der Waals surface area contributed by atoms with Gasteiger partial charge in [0, 0.05) is 12.4 Å². The van der Waals surface area contributed by atoms with Gasteiger partial charge in [-0.25, -0.2) is 9.31 Å². The maximum atomic E-state index is 13.0. The van der Waals surface area contributed by atoms with E-state index in [4.69, 9.17) is 10.5 Å². The molecule has 0 atom stereocenters. The minimum atomic E-state index is -4.95. The molecule has 9 heteroatoms. The van der Waals surface area contributed by atoms with Gasteiger partial charge in [-0.15, -0.1) is 0 Å². The molecule has 0 amide bonds. The maximum absolute atomic E-state index is 13.0. The first kappa shape index (κ1) is 14.6. The highest BCUT2D eigenvalue weighted by atomic mass is 19.4. The number of carbonyl (C=O) groups is 1. The van der Waals surface area contributed by atoms with Crippen molar-refractivity contribution >= 4 is 23.4 Å². The van der Waals surface area contributed by atoms with Gasteiger partial charge in [-0.2, -0.15) is 18.3 Å². The molecule has 0 aliphatic rings. The lowest BCUT2D eigenvalue weighted by atomic mass is 10.2. The van der Waals surface area contributed by atoms with Crippen LogP contribution in [0.2, 0.25) is 0 Å². The van der Waals surface area contributed by atoms with E-state index in [9.17, 15) is 18.0 Å². The summed E-state index contributed by atoms with van der Waals surface area (Å²) >= 11 is 0. The third-order valence-electron chi connectivity index (χ3n) is 2.62. The third kappa shape index (κ3) is 2.86. The van der Waals surface area contributed by atoms with Crippen LogP contribution >= 0.6 is 0 Å². The number of rotatable bonds is 4. The second kappa shape index (κ2) is 5.27. The number of halogens is 3. The molecule has 0 aliphatic heterocycles. The molecule has 2 rings (SSSR count). The number of aromatic nitrogens is 2. The molecule has 0 bridgehead atoms. The summed E-state index contributed by atoms with van der Waals surface area (Å²) in [6, 6.07) is 4.29. The van der Waals surface area contributed by atoms with Crippen LogP contribution < -0.4 is 5.32 Å². The largest absolute Gasteiger partial charge is 0.478 e. The van der Waals surface area contributed by atoms with E-state index in [0.29, 0.717) is 5.52 Å². The molecule has 3 N–H and O–H groups in total. The van der Waals surface area contributed by atoms with Gasteiger partial charge >= 0.3 is 12.1 Å². The summed E-state index contributed by atoms with van der Waals surface area (Å²) in [6.45, 7) is 0. The van der Waals surface area contributed by atoms with E-state index >= 15 is 0 Å². The van der Waals surface area contributed by atoms with Crippen LogP contribution in [0.5, 0.6) is 0 Å². The fourth-order valence-electron chi connectivity index (χ4n) is 1.72. The third-order valence-corrected chi connectivity index (χ3v) is 2.62. The van der Waals surface area contributed by atoms with Crippen LogP contribution in [-0.4, -0.2) is 33.1 Å². The molecule has 110 valence electrons. The maximum Gasteiger partial charge on any atom is 0.432 e. The fraction of sp³-hybridized carbons (Fsp3) is 0.0833. The number of carboxylic acid groups (broad SMARTS) is 1. The number of carboxylic acids is 1. The number of fused-ring (bicyclic) bond motifs is 1. The van der Waals surface area contributed by atoms with Gasteiger partial charge in [-0.3, -0.25) is 0 Å². The average Bonchev–Trinajstić information content (AvgIpc) is 2.86. The molecular formula is C12H9F3N4O2. The van der Waals surface area contributed by atoms with Gasteiger partial charge in [0.25, 0.3) is 0 Å². The van der Waals surface area contributed by atoms with Crippen molar-refractivity contribution in [3.63, 3.8) is 0 Å². The SMILES string of the molecule is N=C/C(C(=O)O)=C(\Nc1cccn2nccc12)C(F)(F)F. The molecule has 0 aromatic carbocycles. The Morgan fingerprint density at radius 3 is 2.71 bits per heavy atom. The molecule has 0 aliphatic carbocycles. The molecule has 0 saturated carbocycles. The quantitative estimate of drug-likeness (QED) is 0.596. The normalized spacial score (nSPS) is 12.9. The number of hydrogen-bond donors (Lipinski definition) is 3. The minimum absolute atomic E-state index is 0.0305. The molecule has 0 fully saturated rings. The topological polar surface area (TPSA) is 90.5 Å². The Hall–Kier alpha value is -2.84. The first-order chi connectivity index (χ1) is 9.84. The summed E-state index contributed by atoms with van der Waals surface area (Å²) in [5.41, 5.74) is -2.32. The van der Waals surface area contributed by atoms with Crippen LogP contribution in [-0.2, 0) is 4.79 Å².